The van der Waals surface area contributed by atoms with Gasteiger partial charge >= 0.3 is 0 Å². The molecule has 0 atom stereocenters. The molecule has 4 aromatic rings. The Labute approximate surface area is 187 Å². The second-order valence-electron chi connectivity index (χ2n) is 7.33. The number of rotatable bonds is 4. The Balaban J connectivity index is 1.45. The summed E-state index contributed by atoms with van der Waals surface area (Å²) in [5.41, 5.74) is 0.804. The van der Waals surface area contributed by atoms with Crippen LogP contribution in [-0.2, 0) is 10.0 Å². The van der Waals surface area contributed by atoms with Crippen molar-refractivity contribution in [2.75, 3.05) is 31.1 Å². The van der Waals surface area contributed by atoms with E-state index in [2.05, 4.69) is 4.98 Å². The van der Waals surface area contributed by atoms with E-state index in [0.29, 0.717) is 18.9 Å². The maximum absolute atomic E-state index is 14.1. The molecule has 32 heavy (non-hydrogen) atoms. The molecule has 5 rings (SSSR count). The van der Waals surface area contributed by atoms with E-state index in [-0.39, 0.29) is 13.1 Å². The van der Waals surface area contributed by atoms with Crippen LogP contribution in [-0.4, -0.2) is 48.9 Å². The van der Waals surface area contributed by atoms with Crippen molar-refractivity contribution in [1.29, 1.82) is 0 Å². The number of hydrogen-bond acceptors (Lipinski definition) is 6. The quantitative estimate of drug-likeness (QED) is 0.447. The van der Waals surface area contributed by atoms with Crippen LogP contribution in [0.2, 0.25) is 0 Å². The Kier molecular flexibility index (Phi) is 5.36. The van der Waals surface area contributed by atoms with Gasteiger partial charge in [0.05, 0.1) is 10.4 Å². The van der Waals surface area contributed by atoms with E-state index in [9.17, 15) is 17.2 Å². The second kappa shape index (κ2) is 8.19. The van der Waals surface area contributed by atoms with Gasteiger partial charge in [0.25, 0.3) is 0 Å². The predicted octanol–water partition coefficient (Wildman–Crippen LogP) is 4.15. The summed E-state index contributed by atoms with van der Waals surface area (Å²) in [7, 11) is -4.15. The Morgan fingerprint density at radius 2 is 1.69 bits per heavy atom. The molecular weight excluding hydrogens is 454 g/mol. The Morgan fingerprint density at radius 1 is 0.906 bits per heavy atom. The van der Waals surface area contributed by atoms with E-state index in [4.69, 9.17) is 4.98 Å². The highest BCUT2D eigenvalue weighted by molar-refractivity contribution is 7.89. The zero-order valence-corrected chi connectivity index (χ0v) is 18.4. The first-order valence-corrected chi connectivity index (χ1v) is 12.3. The normalized spacial score (nSPS) is 15.4. The smallest absolute Gasteiger partial charge is 0.246 e. The number of piperazine rings is 1. The zero-order chi connectivity index (χ0) is 22.3. The van der Waals surface area contributed by atoms with E-state index < -0.39 is 26.6 Å². The van der Waals surface area contributed by atoms with Crippen LogP contribution in [0.4, 0.5) is 14.6 Å². The molecule has 0 amide bonds. The van der Waals surface area contributed by atoms with Crippen molar-refractivity contribution in [1.82, 2.24) is 14.3 Å². The molecule has 1 fully saturated rings. The minimum Gasteiger partial charge on any atom is -0.353 e. The van der Waals surface area contributed by atoms with Crippen molar-refractivity contribution in [3.05, 3.63) is 71.6 Å². The number of benzene rings is 2. The lowest BCUT2D eigenvalue weighted by atomic mass is 10.2. The highest BCUT2D eigenvalue weighted by Gasteiger charge is 2.32. The maximum atomic E-state index is 14.1. The fourth-order valence-corrected chi connectivity index (χ4v) is 5.93. The van der Waals surface area contributed by atoms with Gasteiger partial charge in [0.2, 0.25) is 10.0 Å². The van der Waals surface area contributed by atoms with Crippen LogP contribution < -0.4 is 4.90 Å². The van der Waals surface area contributed by atoms with Crippen LogP contribution in [0.3, 0.4) is 0 Å². The lowest BCUT2D eigenvalue weighted by molar-refractivity contribution is 0.381. The SMILES string of the molecule is O=S(=O)(c1cc(F)ccc1F)N1CCN(c2nc(-c3cccs3)nc3ccccc23)CC1. The largest absolute Gasteiger partial charge is 0.353 e. The highest BCUT2D eigenvalue weighted by Crippen LogP contribution is 2.31. The molecule has 2 aromatic heterocycles. The molecule has 164 valence electrons. The van der Waals surface area contributed by atoms with Gasteiger partial charge in [-0.25, -0.2) is 27.2 Å². The lowest BCUT2D eigenvalue weighted by Gasteiger charge is -2.35. The average Bonchev–Trinajstić information content (AvgIpc) is 3.35. The molecule has 6 nitrogen and oxygen atoms in total. The van der Waals surface area contributed by atoms with Gasteiger partial charge in [-0.15, -0.1) is 11.3 Å². The van der Waals surface area contributed by atoms with Gasteiger partial charge in [-0.05, 0) is 41.8 Å². The third-order valence-electron chi connectivity index (χ3n) is 5.37. The van der Waals surface area contributed by atoms with Crippen LogP contribution in [0.25, 0.3) is 21.6 Å². The van der Waals surface area contributed by atoms with Crippen molar-refractivity contribution < 1.29 is 17.2 Å². The summed E-state index contributed by atoms with van der Waals surface area (Å²) in [4.78, 5) is 11.8. The minimum absolute atomic E-state index is 0.130. The number of para-hydroxylation sites is 1. The van der Waals surface area contributed by atoms with E-state index in [0.717, 1.165) is 39.8 Å². The van der Waals surface area contributed by atoms with Crippen molar-refractivity contribution >= 4 is 38.1 Å². The predicted molar refractivity (Wildman–Crippen MR) is 120 cm³/mol. The van der Waals surface area contributed by atoms with Gasteiger partial charge in [-0.2, -0.15) is 4.31 Å². The van der Waals surface area contributed by atoms with Gasteiger partial charge in [0.15, 0.2) is 5.82 Å². The second-order valence-corrected chi connectivity index (χ2v) is 10.2. The Bertz CT molecular complexity index is 1390. The Hall–Kier alpha value is -2.95. The summed E-state index contributed by atoms with van der Waals surface area (Å²) in [5, 5.41) is 2.84. The summed E-state index contributed by atoms with van der Waals surface area (Å²) < 4.78 is 54.7. The standard InChI is InChI=1S/C22H18F2N4O2S2/c23-15-7-8-17(24)20(14-15)32(29,30)28-11-9-27(10-12-28)22-16-4-1-2-5-18(16)25-21(26-22)19-6-3-13-31-19/h1-8,13-14H,9-12H2. The van der Waals surface area contributed by atoms with Crippen LogP contribution in [0.15, 0.2) is 64.9 Å². The van der Waals surface area contributed by atoms with E-state index in [1.165, 1.54) is 4.31 Å². The molecule has 0 N–H and O–H groups in total. The van der Waals surface area contributed by atoms with Crippen molar-refractivity contribution in [3.8, 4) is 10.7 Å². The molecule has 0 unspecified atom stereocenters. The van der Waals surface area contributed by atoms with Crippen molar-refractivity contribution in [3.63, 3.8) is 0 Å². The fraction of sp³-hybridized carbons (Fsp3) is 0.182. The molecular formula is C22H18F2N4O2S2. The fourth-order valence-electron chi connectivity index (χ4n) is 3.77. The van der Waals surface area contributed by atoms with Crippen LogP contribution in [0, 0.1) is 11.6 Å². The minimum atomic E-state index is -4.15. The summed E-state index contributed by atoms with van der Waals surface area (Å²) in [6.07, 6.45) is 0. The maximum Gasteiger partial charge on any atom is 0.246 e. The van der Waals surface area contributed by atoms with Gasteiger partial charge in [0, 0.05) is 31.6 Å². The molecule has 1 saturated heterocycles. The molecule has 0 saturated carbocycles. The number of aromatic nitrogens is 2. The van der Waals surface area contributed by atoms with Crippen LogP contribution >= 0.6 is 11.3 Å². The summed E-state index contributed by atoms with van der Waals surface area (Å²) in [5.74, 6) is -0.410. The van der Waals surface area contributed by atoms with Crippen molar-refractivity contribution in [2.24, 2.45) is 0 Å². The first-order chi connectivity index (χ1) is 15.4. The number of halogens is 2. The van der Waals surface area contributed by atoms with E-state index >= 15 is 0 Å². The molecule has 2 aromatic carbocycles. The molecule has 1 aliphatic rings. The van der Waals surface area contributed by atoms with Gasteiger partial charge in [-0.3, -0.25) is 0 Å². The lowest BCUT2D eigenvalue weighted by Crippen LogP contribution is -2.49. The average molecular weight is 473 g/mol. The number of nitrogens with zero attached hydrogens (tertiary/aromatic N) is 4. The Morgan fingerprint density at radius 3 is 2.44 bits per heavy atom. The summed E-state index contributed by atoms with van der Waals surface area (Å²) in [6, 6.07) is 14.0. The van der Waals surface area contributed by atoms with Crippen LogP contribution in [0.1, 0.15) is 0 Å². The molecule has 1 aliphatic heterocycles. The summed E-state index contributed by atoms with van der Waals surface area (Å²) in [6.45, 7) is 0.984. The van der Waals surface area contributed by atoms with Gasteiger partial charge < -0.3 is 4.90 Å². The van der Waals surface area contributed by atoms with Gasteiger partial charge in [0.1, 0.15) is 22.3 Å². The molecule has 0 spiro atoms. The number of anilines is 1. The van der Waals surface area contributed by atoms with E-state index in [1.54, 1.807) is 11.3 Å². The third-order valence-corrected chi connectivity index (χ3v) is 8.15. The monoisotopic (exact) mass is 472 g/mol. The topological polar surface area (TPSA) is 66.4 Å². The third kappa shape index (κ3) is 3.74. The van der Waals surface area contributed by atoms with Crippen molar-refractivity contribution in [2.45, 2.75) is 4.90 Å². The van der Waals surface area contributed by atoms with E-state index in [1.807, 2.05) is 46.7 Å². The molecule has 0 bridgehead atoms. The zero-order valence-electron chi connectivity index (χ0n) is 16.8. The number of sulfonamides is 1. The highest BCUT2D eigenvalue weighted by atomic mass is 32.2. The number of fused-ring (bicyclic) bond motifs is 1. The van der Waals surface area contributed by atoms with Crippen LogP contribution in [0.5, 0.6) is 0 Å². The first kappa shape index (κ1) is 20.9. The molecule has 0 aliphatic carbocycles. The number of hydrogen-bond donors (Lipinski definition) is 0. The molecule has 3 heterocycles. The van der Waals surface area contributed by atoms with Gasteiger partial charge in [-0.1, -0.05) is 18.2 Å². The molecule has 0 radical (unpaired) electrons. The number of thiophene rings is 1. The summed E-state index contributed by atoms with van der Waals surface area (Å²) >= 11 is 1.55. The first-order valence-electron chi connectivity index (χ1n) is 9.94. The molecule has 10 heteroatoms.